The first-order chi connectivity index (χ1) is 22.3. The Kier molecular flexibility index (Phi) is 15.8. The van der Waals surface area contributed by atoms with E-state index < -0.39 is 0 Å². The molecule has 0 heterocycles. The van der Waals surface area contributed by atoms with E-state index in [1.54, 1.807) is 5.57 Å². The Bertz CT molecular complexity index is 1160. The molecule has 3 fully saturated rings. The van der Waals surface area contributed by atoms with E-state index in [4.69, 9.17) is 19.2 Å². The van der Waals surface area contributed by atoms with Crippen LogP contribution >= 0.6 is 12.6 Å². The van der Waals surface area contributed by atoms with Crippen LogP contribution in [0.1, 0.15) is 168 Å². The number of hydrogen-bond acceptors (Lipinski definition) is 1. The number of allylic oxidation sites excluding steroid dienone is 6. The molecule has 4 rings (SSSR count). The lowest BCUT2D eigenvalue weighted by Crippen LogP contribution is -2.67. The Balaban J connectivity index is 0.00000182. The molecule has 8 unspecified atom stereocenters. The zero-order chi connectivity index (χ0) is 37.6. The van der Waals surface area contributed by atoms with Crippen molar-refractivity contribution in [2.24, 2.45) is 55.7 Å². The average Bonchev–Trinajstić information content (AvgIpc) is 3.04. The van der Waals surface area contributed by atoms with Crippen molar-refractivity contribution in [1.29, 1.82) is 0 Å². The molecule has 276 valence electrons. The van der Waals surface area contributed by atoms with E-state index in [1.807, 2.05) is 33.8 Å². The van der Waals surface area contributed by atoms with Gasteiger partial charge in [-0.05, 0) is 115 Å². The molecular formula is C47H82S. The largest absolute Gasteiger partial charge is 0.144 e. The smallest absolute Gasteiger partial charge is 0.0118 e. The van der Waals surface area contributed by atoms with Gasteiger partial charge in [-0.3, -0.25) is 0 Å². The maximum atomic E-state index is 5.08. The summed E-state index contributed by atoms with van der Waals surface area (Å²) in [6.07, 6.45) is 23.7. The van der Waals surface area contributed by atoms with Crippen molar-refractivity contribution in [1.82, 2.24) is 0 Å². The minimum Gasteiger partial charge on any atom is -0.144 e. The van der Waals surface area contributed by atoms with E-state index in [0.717, 1.165) is 4.91 Å². The first kappa shape index (κ1) is 44.8. The third-order valence-corrected chi connectivity index (χ3v) is 14.6. The average molecular weight is 679 g/mol. The van der Waals surface area contributed by atoms with Gasteiger partial charge in [0.05, 0.1) is 0 Å². The third-order valence-electron chi connectivity index (χ3n) is 14.3. The van der Waals surface area contributed by atoms with Crippen LogP contribution in [0.3, 0.4) is 0 Å². The SMILES string of the molecule is C=C.C=C/C(S)=C\C1(C)C2=CC(=C)C3(C)C(CCC4(CCC(C)C=C)CCC(C)(C)CC43C)C2(CCC)CCC1C(C)(C)C.CC.CC. The monoisotopic (exact) mass is 679 g/mol. The van der Waals surface area contributed by atoms with Crippen molar-refractivity contribution in [3.05, 3.63) is 73.3 Å². The van der Waals surface area contributed by atoms with Gasteiger partial charge in [0.25, 0.3) is 0 Å². The molecule has 4 aliphatic carbocycles. The Morgan fingerprint density at radius 2 is 1.52 bits per heavy atom. The molecule has 0 spiro atoms. The second-order valence-corrected chi connectivity index (χ2v) is 18.5. The molecule has 0 aromatic rings. The molecule has 1 heteroatoms. The summed E-state index contributed by atoms with van der Waals surface area (Å²) >= 11 is 4.94. The van der Waals surface area contributed by atoms with Crippen LogP contribution in [-0.2, 0) is 0 Å². The molecule has 0 nitrogen and oxygen atoms in total. The first-order valence-corrected chi connectivity index (χ1v) is 20.4. The maximum absolute atomic E-state index is 5.08. The summed E-state index contributed by atoms with van der Waals surface area (Å²) in [7, 11) is 0. The highest BCUT2D eigenvalue weighted by Gasteiger charge is 2.71. The van der Waals surface area contributed by atoms with Gasteiger partial charge in [0.15, 0.2) is 0 Å². The van der Waals surface area contributed by atoms with Crippen LogP contribution in [-0.4, -0.2) is 0 Å². The third kappa shape index (κ3) is 7.53. The highest BCUT2D eigenvalue weighted by atomic mass is 32.1. The molecule has 4 aliphatic rings. The molecule has 8 atom stereocenters. The van der Waals surface area contributed by atoms with Gasteiger partial charge in [-0.15, -0.1) is 32.4 Å². The van der Waals surface area contributed by atoms with Gasteiger partial charge in [0.2, 0.25) is 0 Å². The highest BCUT2D eigenvalue weighted by Crippen LogP contribution is 2.80. The number of fused-ring (bicyclic) bond motifs is 5. The fourth-order valence-corrected chi connectivity index (χ4v) is 12.4. The Hall–Kier alpha value is -1.21. The van der Waals surface area contributed by atoms with Gasteiger partial charge in [0, 0.05) is 15.7 Å². The summed E-state index contributed by atoms with van der Waals surface area (Å²) in [5, 5.41) is 0. The van der Waals surface area contributed by atoms with Crippen molar-refractivity contribution in [3.8, 4) is 0 Å². The van der Waals surface area contributed by atoms with E-state index in [-0.39, 0.29) is 27.1 Å². The molecule has 48 heavy (non-hydrogen) atoms. The molecule has 0 saturated heterocycles. The molecular weight excluding hydrogens is 597 g/mol. The molecule has 3 saturated carbocycles. The summed E-state index contributed by atoms with van der Waals surface area (Å²) in [5.41, 5.74) is 4.47. The first-order valence-electron chi connectivity index (χ1n) is 19.9. The Labute approximate surface area is 308 Å². The van der Waals surface area contributed by atoms with Crippen LogP contribution in [0.2, 0.25) is 0 Å². The summed E-state index contributed by atoms with van der Waals surface area (Å²) in [5.74, 6) is 1.76. The second kappa shape index (κ2) is 16.9. The molecule has 0 amide bonds. The van der Waals surface area contributed by atoms with Crippen molar-refractivity contribution >= 4 is 12.6 Å². The minimum absolute atomic E-state index is 0.0676. The maximum Gasteiger partial charge on any atom is 0.0118 e. The molecule has 0 aromatic carbocycles. The fraction of sp³-hybridized carbons (Fsp3) is 0.745. The Morgan fingerprint density at radius 1 is 0.938 bits per heavy atom. The topological polar surface area (TPSA) is 0 Å². The van der Waals surface area contributed by atoms with Gasteiger partial charge in [-0.2, -0.15) is 0 Å². The molecule has 0 aromatic heterocycles. The number of thiol groups is 1. The lowest BCUT2D eigenvalue weighted by molar-refractivity contribution is -0.208. The summed E-state index contributed by atoms with van der Waals surface area (Å²) < 4.78 is 0. The van der Waals surface area contributed by atoms with Crippen molar-refractivity contribution < 1.29 is 0 Å². The van der Waals surface area contributed by atoms with Crippen molar-refractivity contribution in [2.75, 3.05) is 0 Å². The van der Waals surface area contributed by atoms with Crippen LogP contribution in [0, 0.1) is 55.7 Å². The number of rotatable bonds is 8. The Morgan fingerprint density at radius 3 is 2.02 bits per heavy atom. The number of hydrogen-bond donors (Lipinski definition) is 1. The van der Waals surface area contributed by atoms with Gasteiger partial charge < -0.3 is 0 Å². The highest BCUT2D eigenvalue weighted by molar-refractivity contribution is 7.84. The van der Waals surface area contributed by atoms with E-state index in [2.05, 4.69) is 114 Å². The van der Waals surface area contributed by atoms with Gasteiger partial charge >= 0.3 is 0 Å². The van der Waals surface area contributed by atoms with Crippen molar-refractivity contribution in [3.63, 3.8) is 0 Å². The predicted octanol–water partition coefficient (Wildman–Crippen LogP) is 15.8. The van der Waals surface area contributed by atoms with Gasteiger partial charge in [0.1, 0.15) is 0 Å². The van der Waals surface area contributed by atoms with Crippen LogP contribution in [0.15, 0.2) is 73.3 Å². The normalized spacial score (nSPS) is 37.5. The summed E-state index contributed by atoms with van der Waals surface area (Å²) in [4.78, 5) is 1.01. The second-order valence-electron chi connectivity index (χ2n) is 18.0. The van der Waals surface area contributed by atoms with Crippen LogP contribution < -0.4 is 0 Å². The van der Waals surface area contributed by atoms with Crippen LogP contribution in [0.4, 0.5) is 0 Å². The van der Waals surface area contributed by atoms with Crippen molar-refractivity contribution in [2.45, 2.75) is 168 Å². The lowest BCUT2D eigenvalue weighted by atomic mass is 9.29. The molecule has 0 aliphatic heterocycles. The zero-order valence-corrected chi connectivity index (χ0v) is 35.7. The fourth-order valence-electron chi connectivity index (χ4n) is 12.2. The lowest BCUT2D eigenvalue weighted by Gasteiger charge is -2.74. The van der Waals surface area contributed by atoms with Crippen LogP contribution in [0.5, 0.6) is 0 Å². The minimum atomic E-state index is -0.0676. The van der Waals surface area contributed by atoms with E-state index in [0.29, 0.717) is 28.6 Å². The van der Waals surface area contributed by atoms with Gasteiger partial charge in [-0.25, -0.2) is 0 Å². The van der Waals surface area contributed by atoms with Crippen LogP contribution in [0.25, 0.3) is 0 Å². The standard InChI is InChI=1S/C41H66S.2C2H6.C2H4/c1-14-20-41-23-19-32(35(6,7)8)37(11,27-31(42)16-3)34(41)26-30(5)39(13)33(41)18-22-40(21-17-29(4)15-2)25-24-36(9,10)28-38(39,40)12;3*1-2/h15-16,26-27,29,32-33,42H,2-3,5,14,17-25,28H2,1,4,6-13H3;2*1-2H3;1-2H2/b31-27+;;;. The predicted molar refractivity (Wildman–Crippen MR) is 224 cm³/mol. The van der Waals surface area contributed by atoms with E-state index >= 15 is 0 Å². The summed E-state index contributed by atoms with van der Waals surface area (Å²) in [6, 6.07) is 0. The molecule has 0 N–H and O–H groups in total. The molecule has 0 radical (unpaired) electrons. The quantitative estimate of drug-likeness (QED) is 0.147. The molecule has 0 bridgehead atoms. The zero-order valence-electron chi connectivity index (χ0n) is 34.8. The van der Waals surface area contributed by atoms with Gasteiger partial charge in [-0.1, -0.05) is 146 Å². The summed E-state index contributed by atoms with van der Waals surface area (Å²) in [6.45, 7) is 52.6. The van der Waals surface area contributed by atoms with E-state index in [1.165, 1.54) is 76.2 Å². The van der Waals surface area contributed by atoms with E-state index in [9.17, 15) is 0 Å².